The van der Waals surface area contributed by atoms with Gasteiger partial charge in [0.1, 0.15) is 109 Å². The van der Waals surface area contributed by atoms with Crippen LogP contribution in [0.2, 0.25) is 0 Å². The van der Waals surface area contributed by atoms with Gasteiger partial charge in [0.05, 0.1) is 18.2 Å². The lowest BCUT2D eigenvalue weighted by Gasteiger charge is -2.45. The molecule has 3 saturated heterocycles. The van der Waals surface area contributed by atoms with Gasteiger partial charge in [-0.25, -0.2) is 14.0 Å². The van der Waals surface area contributed by atoms with E-state index >= 15 is 0 Å². The predicted octanol–water partition coefficient (Wildman–Crippen LogP) is -0.381. The number of esters is 2. The fourth-order valence-electron chi connectivity index (χ4n) is 8.17. The van der Waals surface area contributed by atoms with E-state index in [1.54, 1.807) is 0 Å². The van der Waals surface area contributed by atoms with Crippen LogP contribution in [0.1, 0.15) is 11.1 Å². The van der Waals surface area contributed by atoms with Crippen LogP contribution in [0.5, 0.6) is 40.2 Å². The maximum absolute atomic E-state index is 12.9. The summed E-state index contributed by atoms with van der Waals surface area (Å²) in [5.74, 6) is -4.30. The topological polar surface area (TPSA) is 403 Å². The van der Waals surface area contributed by atoms with Crippen LogP contribution in [0.3, 0.4) is 0 Å². The van der Waals surface area contributed by atoms with Crippen molar-refractivity contribution in [2.24, 2.45) is 0 Å². The maximum Gasteiger partial charge on any atom is 0.402 e. The molecule has 76 heavy (non-hydrogen) atoms. The minimum absolute atomic E-state index is 0.0197. The largest absolute Gasteiger partial charge is 0.508 e. The Bertz CT molecular complexity index is 2880. The Labute approximate surface area is 429 Å². The molecule has 25 heteroatoms. The predicted molar refractivity (Wildman–Crippen MR) is 255 cm³/mol. The normalized spacial score (nSPS) is 29.8. The van der Waals surface area contributed by atoms with E-state index in [1.807, 2.05) is 0 Å². The Balaban J connectivity index is 1.12. The van der Waals surface area contributed by atoms with Crippen LogP contribution in [0.4, 0.5) is 0 Å². The number of phenolic OH excluding ortho intramolecular Hbond substituents is 5. The lowest BCUT2D eigenvalue weighted by atomic mass is 9.97. The number of benzene rings is 4. The highest BCUT2D eigenvalue weighted by molar-refractivity contribution is 5.89. The van der Waals surface area contributed by atoms with Crippen molar-refractivity contribution in [3.8, 4) is 51.6 Å². The molecule has 3 aliphatic heterocycles. The van der Waals surface area contributed by atoms with Crippen molar-refractivity contribution in [1.29, 1.82) is 0 Å². The molecule has 0 amide bonds. The van der Waals surface area contributed by atoms with Crippen molar-refractivity contribution in [1.82, 2.24) is 0 Å². The number of carbonyl (C=O) groups excluding carboxylic acids is 2. The average molecular weight is 1070 g/mol. The minimum atomic E-state index is -2.12. The van der Waals surface area contributed by atoms with Crippen LogP contribution >= 0.6 is 0 Å². The Kier molecular flexibility index (Phi) is 17.2. The van der Waals surface area contributed by atoms with E-state index in [0.29, 0.717) is 5.56 Å². The number of aliphatic hydroxyl groups excluding tert-OH is 9. The molecule has 1 aromatic heterocycles. The molecule has 25 nitrogen and oxygen atoms in total. The van der Waals surface area contributed by atoms with Gasteiger partial charge >= 0.3 is 23.3 Å². The number of phenols is 5. The molecule has 4 heterocycles. The zero-order valence-electron chi connectivity index (χ0n) is 39.4. The van der Waals surface area contributed by atoms with Gasteiger partial charge in [-0.1, -0.05) is 18.2 Å². The van der Waals surface area contributed by atoms with Crippen LogP contribution in [0.15, 0.2) is 101 Å². The van der Waals surface area contributed by atoms with E-state index in [0.717, 1.165) is 30.4 Å². The fourth-order valence-corrected chi connectivity index (χ4v) is 8.17. The molecule has 3 fully saturated rings. The van der Waals surface area contributed by atoms with Crippen LogP contribution < -0.4 is 9.47 Å². The molecule has 406 valence electrons. The quantitative estimate of drug-likeness (QED) is 0.0259. The molecule has 15 atom stereocenters. The Morgan fingerprint density at radius 3 is 1.66 bits per heavy atom. The highest BCUT2D eigenvalue weighted by Gasteiger charge is 2.53. The third-order valence-corrected chi connectivity index (χ3v) is 12.4. The molecule has 0 bridgehead atoms. The third-order valence-electron chi connectivity index (χ3n) is 12.4. The van der Waals surface area contributed by atoms with Crippen molar-refractivity contribution in [2.75, 3.05) is 19.8 Å². The Morgan fingerprint density at radius 2 is 1.04 bits per heavy atom. The lowest BCUT2D eigenvalue weighted by molar-refractivity contribution is -0.358. The van der Waals surface area contributed by atoms with E-state index in [-0.39, 0.29) is 50.9 Å². The summed E-state index contributed by atoms with van der Waals surface area (Å²) >= 11 is 0. The first-order valence-corrected chi connectivity index (χ1v) is 23.2. The van der Waals surface area contributed by atoms with Gasteiger partial charge in [0.15, 0.2) is 23.9 Å². The fraction of sp³-hybridized carbons (Fsp3) is 0.353. The van der Waals surface area contributed by atoms with Crippen LogP contribution in [-0.2, 0) is 38.0 Å². The van der Waals surface area contributed by atoms with Crippen LogP contribution in [-0.4, -0.2) is 195 Å². The SMILES string of the molecule is O=C(/C=C/c1ccc(O)c(O)c1)OCC1O[C@@H](OC2[C@H](Oc3cc4c(O[C@@H]5OC(CO)[C@@H](O)[C@H](O)C5O)cc(O)cc4[o+]c3-c3ccc(O)cc3)OC(COC(=O)/C=C/c3ccc(O)cc3)[C@@H](O)[C@@H]2O)C(O)[C@@H](O)[C@@H]1O. The molecule has 0 aliphatic carbocycles. The summed E-state index contributed by atoms with van der Waals surface area (Å²) in [7, 11) is 0. The molecule has 4 aromatic carbocycles. The molecule has 14 N–H and O–H groups in total. The van der Waals surface area contributed by atoms with Gasteiger partial charge < -0.3 is 109 Å². The molecule has 3 aliphatic rings. The van der Waals surface area contributed by atoms with Gasteiger partial charge in [0, 0.05) is 24.3 Å². The van der Waals surface area contributed by atoms with Gasteiger partial charge in [0.25, 0.3) is 0 Å². The van der Waals surface area contributed by atoms with Gasteiger partial charge in [0.2, 0.25) is 18.3 Å². The minimum Gasteiger partial charge on any atom is -0.508 e. The monoisotopic (exact) mass is 1070 g/mol. The average Bonchev–Trinajstić information content (AvgIpc) is 3.41. The van der Waals surface area contributed by atoms with Gasteiger partial charge in [-0.2, -0.15) is 0 Å². The molecule has 5 aromatic rings. The number of rotatable bonds is 16. The smallest absolute Gasteiger partial charge is 0.402 e. The van der Waals surface area contributed by atoms with Crippen LogP contribution in [0.25, 0.3) is 34.4 Å². The molecule has 6 unspecified atom stereocenters. The molecule has 8 rings (SSSR count). The summed E-state index contributed by atoms with van der Waals surface area (Å²) in [4.78, 5) is 25.6. The molecule has 0 radical (unpaired) electrons. The summed E-state index contributed by atoms with van der Waals surface area (Å²) in [5.41, 5.74) is 0.841. The van der Waals surface area contributed by atoms with Crippen molar-refractivity contribution in [3.63, 3.8) is 0 Å². The first kappa shape index (κ1) is 55.0. The summed E-state index contributed by atoms with van der Waals surface area (Å²) < 4.78 is 52.7. The standard InChI is InChI=1S/C51H52O25/c52-19-34-39(60)42(63)45(66)49(73-34)71-32-17-27(55)16-31-28(32)18-33(47(70-31)24-6-10-26(54)11-7-24)72-51-48(44(65)41(62)36(75-51)21-69-37(58)13-4-22-1-8-25(53)9-2-22)76-50-46(67)43(64)40(61)35(74-50)20-68-38(59)14-5-23-3-12-29(56)30(57)15-23/h1-18,34-36,39-46,48-52,60-67H,19-21H2,(H4-,53,54,55,56,57,58,59)/p+1/t34?,35?,36?,39-,40-,41-,42+,43+,44+,45?,46?,48?,49-,50+,51-/m1/s1. The molecular formula is C51H53O25+. The van der Waals surface area contributed by atoms with E-state index < -0.39 is 141 Å². The molecular weight excluding hydrogens is 1010 g/mol. The van der Waals surface area contributed by atoms with Crippen molar-refractivity contribution in [2.45, 2.75) is 92.1 Å². The first-order valence-electron chi connectivity index (χ1n) is 23.2. The summed E-state index contributed by atoms with van der Waals surface area (Å²) in [6, 6.07) is 18.3. The maximum atomic E-state index is 12.9. The van der Waals surface area contributed by atoms with E-state index in [4.69, 9.17) is 42.3 Å². The van der Waals surface area contributed by atoms with Gasteiger partial charge in [-0.15, -0.1) is 0 Å². The number of hydrogen-bond acceptors (Lipinski definition) is 24. The van der Waals surface area contributed by atoms with Crippen molar-refractivity contribution >= 4 is 35.1 Å². The number of carbonyl (C=O) groups is 2. The number of hydrogen-bond donors (Lipinski definition) is 14. The van der Waals surface area contributed by atoms with Crippen molar-refractivity contribution < 1.29 is 123 Å². The third kappa shape index (κ3) is 12.5. The zero-order valence-corrected chi connectivity index (χ0v) is 39.4. The second-order valence-electron chi connectivity index (χ2n) is 17.7. The van der Waals surface area contributed by atoms with E-state index in [2.05, 4.69) is 0 Å². The van der Waals surface area contributed by atoms with Crippen molar-refractivity contribution in [3.05, 3.63) is 108 Å². The summed E-state index contributed by atoms with van der Waals surface area (Å²) in [6.45, 7) is -2.33. The van der Waals surface area contributed by atoms with E-state index in [1.165, 1.54) is 78.9 Å². The number of aromatic hydroxyl groups is 5. The zero-order chi connectivity index (χ0) is 54.5. The summed E-state index contributed by atoms with van der Waals surface area (Å²) in [6.07, 6.45) is -23.7. The highest BCUT2D eigenvalue weighted by atomic mass is 16.8. The molecule has 0 saturated carbocycles. The Hall–Kier alpha value is -7.21. The molecule has 0 spiro atoms. The second-order valence-corrected chi connectivity index (χ2v) is 17.7. The van der Waals surface area contributed by atoms with E-state index in [9.17, 15) is 81.1 Å². The van der Waals surface area contributed by atoms with Crippen LogP contribution in [0, 0.1) is 0 Å². The summed E-state index contributed by atoms with van der Waals surface area (Å²) in [5, 5.41) is 148. The Morgan fingerprint density at radius 1 is 0.513 bits per heavy atom. The number of fused-ring (bicyclic) bond motifs is 1. The lowest BCUT2D eigenvalue weighted by Crippen LogP contribution is -2.65. The van der Waals surface area contributed by atoms with Gasteiger partial charge in [-0.3, -0.25) is 0 Å². The second kappa shape index (κ2) is 23.8. The number of aliphatic hydroxyl groups is 9. The number of ether oxygens (including phenoxy) is 8. The van der Waals surface area contributed by atoms with Gasteiger partial charge in [-0.05, 0) is 71.8 Å². The highest BCUT2D eigenvalue weighted by Crippen LogP contribution is 2.43. The first-order chi connectivity index (χ1) is 36.3.